The monoisotopic (exact) mass is 294 g/mol. The third-order valence-corrected chi connectivity index (χ3v) is 3.63. The van der Waals surface area contributed by atoms with Gasteiger partial charge in [-0.05, 0) is 24.5 Å². The van der Waals surface area contributed by atoms with E-state index in [1.54, 1.807) is 6.07 Å². The van der Waals surface area contributed by atoms with Crippen LogP contribution >= 0.6 is 0 Å². The van der Waals surface area contributed by atoms with Crippen LogP contribution in [0.4, 0.5) is 5.69 Å². The molecule has 7 nitrogen and oxygen atoms in total. The first kappa shape index (κ1) is 15.4. The number of likely N-dealkylation sites (tertiary alicyclic amines) is 1. The molecular formula is C14H18N2O5. The maximum Gasteiger partial charge on any atom is 0.344 e. The Morgan fingerprint density at radius 1 is 1.48 bits per heavy atom. The zero-order chi connectivity index (χ0) is 15.4. The molecule has 1 N–H and O–H groups in total. The van der Waals surface area contributed by atoms with Crippen LogP contribution in [0.2, 0.25) is 0 Å². The molecular weight excluding hydrogens is 276 g/mol. The van der Waals surface area contributed by atoms with Crippen LogP contribution in [0.1, 0.15) is 28.8 Å². The number of methoxy groups -OCH3 is 1. The summed E-state index contributed by atoms with van der Waals surface area (Å²) in [5.74, 6) is -0.711. The zero-order valence-corrected chi connectivity index (χ0v) is 11.8. The van der Waals surface area contributed by atoms with E-state index in [1.807, 2.05) is 0 Å². The summed E-state index contributed by atoms with van der Waals surface area (Å²) in [5, 5.41) is 20.4. The Labute approximate surface area is 122 Å². The standard InChI is InChI=1S/C14H18N2O5/c1-21-14(18)12-8-10(2-3-13(12)16(19)20)9-15-6-4-11(17)5-7-15/h2-3,8,11,17H,4-7,9H2,1H3. The molecule has 1 aromatic rings. The largest absolute Gasteiger partial charge is 0.465 e. The molecule has 0 radical (unpaired) electrons. The quantitative estimate of drug-likeness (QED) is 0.511. The van der Waals surface area contributed by atoms with Crippen molar-refractivity contribution < 1.29 is 19.6 Å². The molecule has 2 rings (SSSR count). The Morgan fingerprint density at radius 3 is 2.71 bits per heavy atom. The number of benzene rings is 1. The molecule has 7 heteroatoms. The van der Waals surface area contributed by atoms with E-state index >= 15 is 0 Å². The number of nitro benzene ring substituents is 1. The normalized spacial score (nSPS) is 16.7. The van der Waals surface area contributed by atoms with E-state index in [4.69, 9.17) is 0 Å². The Balaban J connectivity index is 2.17. The predicted octanol–water partition coefficient (Wildman–Crippen LogP) is 1.34. The Bertz CT molecular complexity index is 538. The molecule has 0 bridgehead atoms. The molecule has 0 aliphatic carbocycles. The van der Waals surface area contributed by atoms with Crippen LogP contribution in [0.25, 0.3) is 0 Å². The molecule has 1 aliphatic heterocycles. The first-order valence-corrected chi connectivity index (χ1v) is 6.77. The number of ether oxygens (including phenoxy) is 1. The second-order valence-electron chi connectivity index (χ2n) is 5.11. The number of piperidine rings is 1. The highest BCUT2D eigenvalue weighted by molar-refractivity contribution is 5.94. The molecule has 1 saturated heterocycles. The van der Waals surface area contributed by atoms with E-state index < -0.39 is 10.9 Å². The average molecular weight is 294 g/mol. The number of hydrogen-bond acceptors (Lipinski definition) is 6. The molecule has 1 aliphatic rings. The number of carbonyl (C=O) groups is 1. The molecule has 1 heterocycles. The summed E-state index contributed by atoms with van der Waals surface area (Å²) in [6.45, 7) is 2.13. The minimum atomic E-state index is -0.711. The van der Waals surface area contributed by atoms with Gasteiger partial charge in [0, 0.05) is 25.7 Å². The fourth-order valence-corrected chi connectivity index (χ4v) is 2.45. The molecule has 21 heavy (non-hydrogen) atoms. The Kier molecular flexibility index (Phi) is 4.87. The third kappa shape index (κ3) is 3.77. The van der Waals surface area contributed by atoms with E-state index in [9.17, 15) is 20.0 Å². The lowest BCUT2D eigenvalue weighted by Gasteiger charge is -2.29. The number of aliphatic hydroxyl groups excluding tert-OH is 1. The van der Waals surface area contributed by atoms with Crippen LogP contribution in [0.15, 0.2) is 18.2 Å². The lowest BCUT2D eigenvalue weighted by Crippen LogP contribution is -2.35. The van der Waals surface area contributed by atoms with Gasteiger partial charge in [0.15, 0.2) is 0 Å². The van der Waals surface area contributed by atoms with Gasteiger partial charge in [0.1, 0.15) is 5.56 Å². The molecule has 0 spiro atoms. The topological polar surface area (TPSA) is 92.9 Å². The van der Waals surface area contributed by atoms with E-state index in [-0.39, 0.29) is 17.4 Å². The van der Waals surface area contributed by atoms with Crippen molar-refractivity contribution >= 4 is 11.7 Å². The molecule has 0 unspecified atom stereocenters. The van der Waals surface area contributed by atoms with Crippen LogP contribution < -0.4 is 0 Å². The number of aliphatic hydroxyl groups is 1. The summed E-state index contributed by atoms with van der Waals surface area (Å²) in [7, 11) is 1.20. The van der Waals surface area contributed by atoms with Crippen molar-refractivity contribution in [2.75, 3.05) is 20.2 Å². The minimum absolute atomic E-state index is 0.0305. The first-order chi connectivity index (χ1) is 10.0. The van der Waals surface area contributed by atoms with Crippen molar-refractivity contribution in [2.45, 2.75) is 25.5 Å². The second kappa shape index (κ2) is 6.64. The van der Waals surface area contributed by atoms with Gasteiger partial charge in [-0.3, -0.25) is 15.0 Å². The lowest BCUT2D eigenvalue weighted by atomic mass is 10.0. The maximum absolute atomic E-state index is 11.7. The fraction of sp³-hybridized carbons (Fsp3) is 0.500. The molecule has 0 atom stereocenters. The lowest BCUT2D eigenvalue weighted by molar-refractivity contribution is -0.385. The summed E-state index contributed by atoms with van der Waals surface area (Å²) in [5.41, 5.74) is 0.536. The summed E-state index contributed by atoms with van der Waals surface area (Å²) < 4.78 is 4.60. The van der Waals surface area contributed by atoms with Crippen LogP contribution in [-0.4, -0.2) is 47.2 Å². The molecule has 1 aromatic carbocycles. The minimum Gasteiger partial charge on any atom is -0.465 e. The van der Waals surface area contributed by atoms with Crippen molar-refractivity contribution in [2.24, 2.45) is 0 Å². The van der Waals surface area contributed by atoms with Crippen molar-refractivity contribution in [1.29, 1.82) is 0 Å². The first-order valence-electron chi connectivity index (χ1n) is 6.77. The molecule has 0 saturated carbocycles. The van der Waals surface area contributed by atoms with Crippen LogP contribution in [0.5, 0.6) is 0 Å². The van der Waals surface area contributed by atoms with Gasteiger partial charge in [-0.2, -0.15) is 0 Å². The summed E-state index contributed by atoms with van der Waals surface area (Å²) >= 11 is 0. The van der Waals surface area contributed by atoms with Gasteiger partial charge in [0.2, 0.25) is 0 Å². The third-order valence-electron chi connectivity index (χ3n) is 3.63. The molecule has 0 amide bonds. The van der Waals surface area contributed by atoms with Gasteiger partial charge in [0.05, 0.1) is 18.1 Å². The number of nitrogens with zero attached hydrogens (tertiary/aromatic N) is 2. The van der Waals surface area contributed by atoms with Crippen molar-refractivity contribution in [3.63, 3.8) is 0 Å². The summed E-state index contributed by atoms with van der Waals surface area (Å²) in [4.78, 5) is 24.1. The van der Waals surface area contributed by atoms with E-state index in [1.165, 1.54) is 19.2 Å². The summed E-state index contributed by atoms with van der Waals surface area (Å²) in [6.07, 6.45) is 1.19. The molecule has 114 valence electrons. The van der Waals surface area contributed by atoms with Crippen LogP contribution in [0.3, 0.4) is 0 Å². The fourth-order valence-electron chi connectivity index (χ4n) is 2.45. The molecule has 1 fully saturated rings. The predicted molar refractivity (Wildman–Crippen MR) is 75.0 cm³/mol. The number of hydrogen-bond donors (Lipinski definition) is 1. The maximum atomic E-state index is 11.7. The highest BCUT2D eigenvalue weighted by Crippen LogP contribution is 2.22. The second-order valence-corrected chi connectivity index (χ2v) is 5.11. The highest BCUT2D eigenvalue weighted by Gasteiger charge is 2.22. The van der Waals surface area contributed by atoms with E-state index in [0.717, 1.165) is 31.5 Å². The SMILES string of the molecule is COC(=O)c1cc(CN2CCC(O)CC2)ccc1[N+](=O)[O-]. The van der Waals surface area contributed by atoms with Crippen molar-refractivity contribution in [1.82, 2.24) is 4.90 Å². The van der Waals surface area contributed by atoms with Crippen LogP contribution in [-0.2, 0) is 11.3 Å². The van der Waals surface area contributed by atoms with Gasteiger partial charge < -0.3 is 9.84 Å². The van der Waals surface area contributed by atoms with E-state index in [2.05, 4.69) is 9.64 Å². The Morgan fingerprint density at radius 2 is 2.14 bits per heavy atom. The van der Waals surface area contributed by atoms with Gasteiger partial charge in [-0.15, -0.1) is 0 Å². The van der Waals surface area contributed by atoms with Gasteiger partial charge >= 0.3 is 5.97 Å². The number of esters is 1. The van der Waals surface area contributed by atoms with Gasteiger partial charge in [-0.1, -0.05) is 6.07 Å². The Hall–Kier alpha value is -1.99. The van der Waals surface area contributed by atoms with E-state index in [0.29, 0.717) is 6.54 Å². The number of rotatable bonds is 4. The average Bonchev–Trinajstić information content (AvgIpc) is 2.48. The molecule has 0 aromatic heterocycles. The smallest absolute Gasteiger partial charge is 0.344 e. The van der Waals surface area contributed by atoms with Crippen molar-refractivity contribution in [3.05, 3.63) is 39.4 Å². The van der Waals surface area contributed by atoms with Gasteiger partial charge in [-0.25, -0.2) is 4.79 Å². The summed E-state index contributed by atoms with van der Waals surface area (Å²) in [6, 6.07) is 4.49. The highest BCUT2D eigenvalue weighted by atomic mass is 16.6. The number of nitro groups is 1. The van der Waals surface area contributed by atoms with Gasteiger partial charge in [0.25, 0.3) is 5.69 Å². The number of carbonyl (C=O) groups excluding carboxylic acids is 1. The van der Waals surface area contributed by atoms with Crippen molar-refractivity contribution in [3.8, 4) is 0 Å². The zero-order valence-electron chi connectivity index (χ0n) is 11.8. The van der Waals surface area contributed by atoms with Crippen LogP contribution in [0, 0.1) is 10.1 Å².